The molecule has 0 aliphatic carbocycles. The molecule has 3 aliphatic rings. The van der Waals surface area contributed by atoms with Crippen molar-refractivity contribution in [2.45, 2.75) is 62.2 Å². The summed E-state index contributed by atoms with van der Waals surface area (Å²) in [7, 11) is -4.90. The number of nitrogens with one attached hydrogen (secondary N) is 1. The van der Waals surface area contributed by atoms with Gasteiger partial charge in [0.25, 0.3) is 5.56 Å². The molecule has 3 saturated heterocycles. The number of nitrogens with zero attached hydrogens (tertiary/aromatic N) is 7. The van der Waals surface area contributed by atoms with Crippen molar-refractivity contribution in [3.8, 4) is 0 Å². The molecular weight excluding hydrogens is 598 g/mol. The molecule has 0 amide bonds. The fourth-order valence-electron chi connectivity index (χ4n) is 5.97. The van der Waals surface area contributed by atoms with Crippen molar-refractivity contribution < 1.29 is 42.6 Å². The lowest BCUT2D eigenvalue weighted by Crippen LogP contribution is -2.35. The number of imidazole rings is 2. The summed E-state index contributed by atoms with van der Waals surface area (Å²) in [6.07, 6.45) is -5.75. The zero-order valence-corrected chi connectivity index (χ0v) is 22.9. The maximum Gasteiger partial charge on any atom is 0.472 e. The largest absolute Gasteiger partial charge is 0.472 e. The number of aliphatic hydroxyl groups excluding tert-OH is 2. The second-order valence-corrected chi connectivity index (χ2v) is 11.9. The maximum absolute atomic E-state index is 13.9. The normalized spacial score (nSPS) is 35.2. The summed E-state index contributed by atoms with van der Waals surface area (Å²) < 4.78 is 52.5. The minimum atomic E-state index is -4.90. The van der Waals surface area contributed by atoms with E-state index in [-0.39, 0.29) is 40.5 Å². The number of aliphatic hydroxyl groups is 2. The van der Waals surface area contributed by atoms with Gasteiger partial charge in [-0.25, -0.2) is 14.5 Å². The molecule has 0 spiro atoms. The summed E-state index contributed by atoms with van der Waals surface area (Å²) in [5.74, 6) is -1.02. The summed E-state index contributed by atoms with van der Waals surface area (Å²) in [5.41, 5.74) is 10.9. The standard InChI is InChI=1S/C22H26FN10O9P/c23-21-28-15(24)10-16(29-21)32(5-26-10)19-12(34)7-2-1-3-8-13(35)14(42-43(37,38)39-4-9(7)41-19)20(40-8)33-6-27-11-17(33)30-22(25)31-18(11)36/h5-9,12-14,19-20,34-35H,1-4H2,(H,37,38)(H2,24,28,29)(H3,25,30,31,36)/t7-,8-,9-,12-,13-,14-,19-,20-/m1/s1. The van der Waals surface area contributed by atoms with Crippen LogP contribution in [0.25, 0.3) is 22.3 Å². The number of phosphoric acid groups is 1. The van der Waals surface area contributed by atoms with E-state index >= 15 is 0 Å². The lowest BCUT2D eigenvalue weighted by molar-refractivity contribution is -0.0569. The predicted octanol–water partition coefficient (Wildman–Crippen LogP) is -0.918. The number of nitrogens with two attached hydrogens (primary N) is 2. The molecule has 4 aromatic heterocycles. The molecule has 7 rings (SSSR count). The van der Waals surface area contributed by atoms with Crippen molar-refractivity contribution in [2.75, 3.05) is 18.1 Å². The molecule has 19 nitrogen and oxygen atoms in total. The Bertz CT molecular complexity index is 1820. The molecule has 0 radical (unpaired) electrons. The number of anilines is 2. The van der Waals surface area contributed by atoms with E-state index in [0.717, 1.165) is 0 Å². The van der Waals surface area contributed by atoms with Crippen LogP contribution in [0.3, 0.4) is 0 Å². The molecule has 9 atom stereocenters. The first-order chi connectivity index (χ1) is 20.5. The quantitative estimate of drug-likeness (QED) is 0.116. The Morgan fingerprint density at radius 1 is 0.977 bits per heavy atom. The molecule has 2 bridgehead atoms. The highest BCUT2D eigenvalue weighted by Crippen LogP contribution is 2.51. The number of aromatic amines is 1. The first-order valence-corrected chi connectivity index (χ1v) is 14.7. The number of H-pyrrole nitrogens is 1. The van der Waals surface area contributed by atoms with Crippen LogP contribution < -0.4 is 17.0 Å². The zero-order valence-electron chi connectivity index (χ0n) is 22.0. The van der Waals surface area contributed by atoms with Gasteiger partial charge in [-0.2, -0.15) is 19.3 Å². The zero-order chi connectivity index (χ0) is 30.2. The molecule has 0 aromatic carbocycles. The van der Waals surface area contributed by atoms with Gasteiger partial charge in [0.2, 0.25) is 5.95 Å². The summed E-state index contributed by atoms with van der Waals surface area (Å²) in [6, 6.07) is 0. The van der Waals surface area contributed by atoms with Crippen molar-refractivity contribution in [3.05, 3.63) is 29.1 Å². The lowest BCUT2D eigenvalue weighted by atomic mass is 9.91. The van der Waals surface area contributed by atoms with Crippen LogP contribution >= 0.6 is 7.82 Å². The fraction of sp³-hybridized carbons (Fsp3) is 0.545. The van der Waals surface area contributed by atoms with Crippen LogP contribution in [0.4, 0.5) is 16.2 Å². The SMILES string of the molecule is Nc1nc2c(ncn2[C@@H]2O[C@@H]3CCC[C@H]4[C@@H](O)[C@H](n5cnc6c(N)nc(F)nc65)O[C@@H]4COP(=O)(O)O[C@@H]2[C@@H]3O)c(=O)[nH]1. The van der Waals surface area contributed by atoms with Crippen molar-refractivity contribution in [3.63, 3.8) is 0 Å². The molecule has 43 heavy (non-hydrogen) atoms. The monoisotopic (exact) mass is 624 g/mol. The van der Waals surface area contributed by atoms with Gasteiger partial charge in [-0.05, 0) is 12.8 Å². The summed E-state index contributed by atoms with van der Waals surface area (Å²) >= 11 is 0. The van der Waals surface area contributed by atoms with Gasteiger partial charge < -0.3 is 36.0 Å². The van der Waals surface area contributed by atoms with Gasteiger partial charge >= 0.3 is 13.9 Å². The molecule has 1 unspecified atom stereocenters. The average molecular weight is 624 g/mol. The minimum absolute atomic E-state index is 0.00594. The molecule has 3 fully saturated rings. The van der Waals surface area contributed by atoms with E-state index in [0.29, 0.717) is 12.8 Å². The number of hydrogen-bond donors (Lipinski definition) is 6. The molecular formula is C22H26FN10O9P. The van der Waals surface area contributed by atoms with Gasteiger partial charge in [0.05, 0.1) is 31.5 Å². The first-order valence-electron chi connectivity index (χ1n) is 13.2. The van der Waals surface area contributed by atoms with Crippen molar-refractivity contribution >= 4 is 41.9 Å². The lowest BCUT2D eigenvalue weighted by Gasteiger charge is -2.26. The van der Waals surface area contributed by atoms with Gasteiger partial charge in [-0.15, -0.1) is 0 Å². The Morgan fingerprint density at radius 2 is 1.67 bits per heavy atom. The third-order valence-electron chi connectivity index (χ3n) is 7.94. The van der Waals surface area contributed by atoms with E-state index in [4.69, 9.17) is 30.0 Å². The highest BCUT2D eigenvalue weighted by atomic mass is 31.2. The van der Waals surface area contributed by atoms with Crippen LogP contribution in [0, 0.1) is 12.0 Å². The van der Waals surface area contributed by atoms with Crippen molar-refractivity contribution in [2.24, 2.45) is 5.92 Å². The Morgan fingerprint density at radius 3 is 2.47 bits per heavy atom. The van der Waals surface area contributed by atoms with E-state index in [1.807, 2.05) is 0 Å². The number of ether oxygens (including phenoxy) is 2. The first kappa shape index (κ1) is 28.2. The van der Waals surface area contributed by atoms with Crippen LogP contribution in [-0.4, -0.2) is 91.3 Å². The number of fused-ring (bicyclic) bond motifs is 5. The van der Waals surface area contributed by atoms with Gasteiger partial charge in [-0.1, -0.05) is 6.42 Å². The highest BCUT2D eigenvalue weighted by Gasteiger charge is 2.51. The van der Waals surface area contributed by atoms with Gasteiger partial charge in [0.15, 0.2) is 40.6 Å². The highest BCUT2D eigenvalue weighted by molar-refractivity contribution is 7.47. The van der Waals surface area contributed by atoms with Crippen molar-refractivity contribution in [1.82, 2.24) is 39.0 Å². The second-order valence-electron chi connectivity index (χ2n) is 10.5. The topological polar surface area (TPSA) is 274 Å². The molecule has 8 N–H and O–H groups in total. The molecule has 4 aromatic rings. The number of phosphoric ester groups is 1. The third kappa shape index (κ3) is 4.75. The van der Waals surface area contributed by atoms with Gasteiger partial charge in [0, 0.05) is 5.92 Å². The number of rotatable bonds is 2. The van der Waals surface area contributed by atoms with E-state index in [2.05, 4.69) is 29.9 Å². The summed E-state index contributed by atoms with van der Waals surface area (Å²) in [6.45, 7) is -0.483. The number of nitrogen functional groups attached to an aromatic ring is 2. The number of aromatic nitrogens is 8. The molecule has 21 heteroatoms. The number of halogens is 1. The second kappa shape index (κ2) is 10.2. The van der Waals surface area contributed by atoms with Crippen LogP contribution in [-0.2, 0) is 23.1 Å². The molecule has 3 aliphatic heterocycles. The van der Waals surface area contributed by atoms with Crippen LogP contribution in [0.2, 0.25) is 0 Å². The number of hydrogen-bond acceptors (Lipinski definition) is 15. The Balaban J connectivity index is 1.17. The van der Waals surface area contributed by atoms with Crippen LogP contribution in [0.15, 0.2) is 17.4 Å². The van der Waals surface area contributed by atoms with E-state index in [9.17, 15) is 28.9 Å². The van der Waals surface area contributed by atoms with Crippen LogP contribution in [0.1, 0.15) is 31.7 Å². The molecule has 0 saturated carbocycles. The molecule has 7 heterocycles. The van der Waals surface area contributed by atoms with E-state index in [1.54, 1.807) is 0 Å². The van der Waals surface area contributed by atoms with Crippen LogP contribution in [0.5, 0.6) is 0 Å². The van der Waals surface area contributed by atoms with Crippen molar-refractivity contribution in [1.29, 1.82) is 0 Å². The Kier molecular flexibility index (Phi) is 6.71. The Labute approximate surface area is 239 Å². The maximum atomic E-state index is 13.9. The van der Waals surface area contributed by atoms with Gasteiger partial charge in [0.1, 0.15) is 18.3 Å². The average Bonchev–Trinajstić information content (AvgIpc) is 3.69. The predicted molar refractivity (Wildman–Crippen MR) is 140 cm³/mol. The summed E-state index contributed by atoms with van der Waals surface area (Å²) in [4.78, 5) is 44.7. The molecule has 230 valence electrons. The third-order valence-corrected chi connectivity index (χ3v) is 8.92. The van der Waals surface area contributed by atoms with Gasteiger partial charge in [-0.3, -0.25) is 28.0 Å². The Hall–Kier alpha value is -3.62. The smallest absolute Gasteiger partial charge is 0.388 e. The summed E-state index contributed by atoms with van der Waals surface area (Å²) in [5, 5.41) is 22.4. The van der Waals surface area contributed by atoms with E-state index in [1.165, 1.54) is 21.8 Å². The fourth-order valence-corrected chi connectivity index (χ4v) is 6.90. The van der Waals surface area contributed by atoms with E-state index < -0.39 is 75.0 Å². The minimum Gasteiger partial charge on any atom is -0.388 e.